The highest BCUT2D eigenvalue weighted by Gasteiger charge is 2.22. The van der Waals surface area contributed by atoms with Crippen molar-refractivity contribution in [2.45, 2.75) is 12.8 Å². The molecule has 0 spiro atoms. The van der Waals surface area contributed by atoms with Crippen LogP contribution in [0.3, 0.4) is 0 Å². The van der Waals surface area contributed by atoms with E-state index in [0.29, 0.717) is 22.4 Å². The maximum atomic E-state index is 10.7. The van der Waals surface area contributed by atoms with E-state index in [1.54, 1.807) is 30.4 Å². The van der Waals surface area contributed by atoms with Crippen molar-refractivity contribution in [1.82, 2.24) is 9.97 Å². The lowest BCUT2D eigenvalue weighted by Crippen LogP contribution is -2.14. The molecule has 0 fully saturated rings. The number of benzene rings is 1. The van der Waals surface area contributed by atoms with Gasteiger partial charge in [-0.3, -0.25) is 4.55 Å². The normalized spacial score (nSPS) is 19.3. The van der Waals surface area contributed by atoms with E-state index < -0.39 is 16.3 Å². The second-order valence-corrected chi connectivity index (χ2v) is 6.21. The Bertz CT molecular complexity index is 1040. The maximum absolute atomic E-state index is 10.7. The summed E-state index contributed by atoms with van der Waals surface area (Å²) in [6.45, 7) is 1.81. The zero-order valence-electron chi connectivity index (χ0n) is 12.5. The fraction of sp³-hybridized carbons (Fsp3) is 0.133. The van der Waals surface area contributed by atoms with E-state index in [2.05, 4.69) is 19.4 Å². The number of allylic oxidation sites excluding steroid dienone is 4. The SMILES string of the molecule is CC1=CC(=NOS(=O)(=O)O)C(c2nc3ccc(C#N)cc3[nH]2)C=C1. The van der Waals surface area contributed by atoms with E-state index in [1.165, 1.54) is 0 Å². The molecule has 8 nitrogen and oxygen atoms in total. The van der Waals surface area contributed by atoms with E-state index in [-0.39, 0.29) is 5.71 Å². The Hall–Kier alpha value is -2.96. The molecule has 9 heteroatoms. The van der Waals surface area contributed by atoms with E-state index in [9.17, 15) is 8.42 Å². The molecule has 1 atom stereocenters. The predicted molar refractivity (Wildman–Crippen MR) is 86.5 cm³/mol. The number of aromatic nitrogens is 2. The van der Waals surface area contributed by atoms with Gasteiger partial charge in [-0.05, 0) is 36.8 Å². The van der Waals surface area contributed by atoms with Crippen molar-refractivity contribution in [2.75, 3.05) is 0 Å². The van der Waals surface area contributed by atoms with Gasteiger partial charge in [0.15, 0.2) is 0 Å². The topological polar surface area (TPSA) is 128 Å². The van der Waals surface area contributed by atoms with Gasteiger partial charge in [-0.15, -0.1) is 0 Å². The van der Waals surface area contributed by atoms with Crippen molar-refractivity contribution in [1.29, 1.82) is 5.26 Å². The summed E-state index contributed by atoms with van der Waals surface area (Å²) in [6, 6.07) is 7.09. The van der Waals surface area contributed by atoms with Crippen LogP contribution in [0.4, 0.5) is 0 Å². The van der Waals surface area contributed by atoms with Gasteiger partial charge in [0.1, 0.15) is 5.82 Å². The van der Waals surface area contributed by atoms with Crippen LogP contribution in [0.1, 0.15) is 24.2 Å². The van der Waals surface area contributed by atoms with E-state index in [4.69, 9.17) is 9.81 Å². The minimum atomic E-state index is -4.69. The zero-order chi connectivity index (χ0) is 17.3. The summed E-state index contributed by atoms with van der Waals surface area (Å²) in [5.74, 6) is 0.0335. The van der Waals surface area contributed by atoms with Crippen LogP contribution in [0.15, 0.2) is 47.2 Å². The van der Waals surface area contributed by atoms with Crippen LogP contribution in [0, 0.1) is 11.3 Å². The van der Waals surface area contributed by atoms with Crippen molar-refractivity contribution in [3.05, 3.63) is 53.4 Å². The quantitative estimate of drug-likeness (QED) is 0.649. The molecule has 0 saturated heterocycles. The molecule has 2 aromatic rings. The third-order valence-corrected chi connectivity index (χ3v) is 3.67. The minimum absolute atomic E-state index is 0.271. The lowest BCUT2D eigenvalue weighted by atomic mass is 9.94. The molecule has 1 aromatic carbocycles. The lowest BCUT2D eigenvalue weighted by Gasteiger charge is -2.14. The van der Waals surface area contributed by atoms with Crippen molar-refractivity contribution in [3.8, 4) is 6.07 Å². The van der Waals surface area contributed by atoms with Crippen LogP contribution >= 0.6 is 0 Å². The standard InChI is InChI=1S/C15H12N4O4S/c1-9-2-4-11(13(6-9)19-23-24(20,21)22)15-17-12-5-3-10(8-16)7-14(12)18-15/h2-7,11H,1H3,(H,17,18)(H,20,21,22). The van der Waals surface area contributed by atoms with Gasteiger partial charge in [0.25, 0.3) is 0 Å². The van der Waals surface area contributed by atoms with E-state index in [1.807, 2.05) is 19.1 Å². The van der Waals surface area contributed by atoms with Crippen LogP contribution in [-0.4, -0.2) is 28.7 Å². The van der Waals surface area contributed by atoms with Crippen LogP contribution < -0.4 is 0 Å². The molecule has 1 unspecified atom stereocenters. The summed E-state index contributed by atoms with van der Waals surface area (Å²) >= 11 is 0. The first-order valence-electron chi connectivity index (χ1n) is 6.86. The van der Waals surface area contributed by atoms with E-state index in [0.717, 1.165) is 5.57 Å². The number of hydrogen-bond donors (Lipinski definition) is 2. The number of H-pyrrole nitrogens is 1. The fourth-order valence-corrected chi connectivity index (χ4v) is 2.55. The first-order valence-corrected chi connectivity index (χ1v) is 8.22. The highest BCUT2D eigenvalue weighted by molar-refractivity contribution is 7.80. The Morgan fingerprint density at radius 3 is 2.96 bits per heavy atom. The number of rotatable bonds is 3. The molecule has 0 amide bonds. The number of imidazole rings is 1. The number of nitriles is 1. The van der Waals surface area contributed by atoms with Crippen molar-refractivity contribution in [2.24, 2.45) is 5.16 Å². The second-order valence-electron chi connectivity index (χ2n) is 5.21. The molecule has 24 heavy (non-hydrogen) atoms. The molecule has 1 aliphatic rings. The monoisotopic (exact) mass is 344 g/mol. The van der Waals surface area contributed by atoms with Gasteiger partial charge < -0.3 is 4.98 Å². The molecular weight excluding hydrogens is 332 g/mol. The number of nitrogens with zero attached hydrogens (tertiary/aromatic N) is 3. The van der Waals surface area contributed by atoms with E-state index >= 15 is 0 Å². The maximum Gasteiger partial charge on any atom is 0.466 e. The molecule has 1 heterocycles. The third-order valence-electron chi connectivity index (χ3n) is 3.41. The molecule has 0 radical (unpaired) electrons. The van der Waals surface area contributed by atoms with Gasteiger partial charge in [0.2, 0.25) is 0 Å². The molecule has 3 rings (SSSR count). The number of nitrogens with one attached hydrogen (secondary N) is 1. The molecular formula is C15H12N4O4S. The van der Waals surface area contributed by atoms with Crippen molar-refractivity contribution >= 4 is 27.1 Å². The van der Waals surface area contributed by atoms with Crippen LogP contribution in [0.2, 0.25) is 0 Å². The Balaban J connectivity index is 2.03. The molecule has 0 bridgehead atoms. The van der Waals surface area contributed by atoms with Gasteiger partial charge >= 0.3 is 10.4 Å². The first kappa shape index (κ1) is 15.9. The summed E-state index contributed by atoms with van der Waals surface area (Å²) in [6.07, 6.45) is 5.25. The Morgan fingerprint density at radius 1 is 1.46 bits per heavy atom. The number of fused-ring (bicyclic) bond motifs is 1. The lowest BCUT2D eigenvalue weighted by molar-refractivity contribution is 0.281. The van der Waals surface area contributed by atoms with Crippen LogP contribution in [0.5, 0.6) is 0 Å². The van der Waals surface area contributed by atoms with Crippen molar-refractivity contribution in [3.63, 3.8) is 0 Å². The summed E-state index contributed by atoms with van der Waals surface area (Å²) in [7, 11) is -4.69. The summed E-state index contributed by atoms with van der Waals surface area (Å²) in [5, 5.41) is 12.5. The summed E-state index contributed by atoms with van der Waals surface area (Å²) in [4.78, 5) is 7.53. The average Bonchev–Trinajstić information content (AvgIpc) is 2.94. The molecule has 1 aliphatic carbocycles. The second kappa shape index (κ2) is 5.92. The fourth-order valence-electron chi connectivity index (χ4n) is 2.37. The Labute approximate surface area is 137 Å². The van der Waals surface area contributed by atoms with Crippen molar-refractivity contribution < 1.29 is 17.3 Å². The van der Waals surface area contributed by atoms with Gasteiger partial charge in [-0.25, -0.2) is 9.27 Å². The molecule has 0 aliphatic heterocycles. The van der Waals surface area contributed by atoms with Crippen LogP contribution in [-0.2, 0) is 14.7 Å². The van der Waals surface area contributed by atoms with Gasteiger partial charge in [0.05, 0.1) is 34.3 Å². The molecule has 122 valence electrons. The van der Waals surface area contributed by atoms with Crippen LogP contribution in [0.25, 0.3) is 11.0 Å². The molecule has 1 aromatic heterocycles. The summed E-state index contributed by atoms with van der Waals surface area (Å²) < 4.78 is 34.3. The zero-order valence-corrected chi connectivity index (χ0v) is 13.3. The molecule has 2 N–H and O–H groups in total. The largest absolute Gasteiger partial charge is 0.466 e. The highest BCUT2D eigenvalue weighted by atomic mass is 32.3. The van der Waals surface area contributed by atoms with Gasteiger partial charge in [-0.2, -0.15) is 13.7 Å². The molecule has 0 saturated carbocycles. The third kappa shape index (κ3) is 3.34. The number of aromatic amines is 1. The smallest absolute Gasteiger partial charge is 0.341 e. The highest BCUT2D eigenvalue weighted by Crippen LogP contribution is 2.26. The first-order chi connectivity index (χ1) is 11.4. The Morgan fingerprint density at radius 2 is 2.25 bits per heavy atom. The number of oxime groups is 1. The summed E-state index contributed by atoms with van der Waals surface area (Å²) in [5.41, 5.74) is 2.95. The predicted octanol–water partition coefficient (Wildman–Crippen LogP) is 2.21. The average molecular weight is 344 g/mol. The number of hydrogen-bond acceptors (Lipinski definition) is 6. The Kier molecular flexibility index (Phi) is 3.92. The van der Waals surface area contributed by atoms with Gasteiger partial charge in [0, 0.05) is 0 Å². The van der Waals surface area contributed by atoms with Gasteiger partial charge in [-0.1, -0.05) is 17.3 Å². The minimum Gasteiger partial charge on any atom is -0.341 e.